The molecule has 3 aromatic rings. The molecule has 0 saturated carbocycles. The molecule has 0 radical (unpaired) electrons. The summed E-state index contributed by atoms with van der Waals surface area (Å²) in [7, 11) is 0. The van der Waals surface area contributed by atoms with Crippen LogP contribution < -0.4 is 0 Å². The van der Waals surface area contributed by atoms with Crippen molar-refractivity contribution in [2.24, 2.45) is 0 Å². The highest BCUT2D eigenvalue weighted by molar-refractivity contribution is 5.60. The Kier molecular flexibility index (Phi) is 2.98. The maximum atomic E-state index is 8.89. The van der Waals surface area contributed by atoms with Gasteiger partial charge >= 0.3 is 0 Å². The number of nitriles is 1. The fraction of sp³-hybridized carbons (Fsp3) is 0.0667. The largest absolute Gasteiger partial charge is 0.334 e. The molecule has 0 N–H and O–H groups in total. The van der Waals surface area contributed by atoms with E-state index in [0.717, 1.165) is 16.8 Å². The molecule has 0 amide bonds. The van der Waals surface area contributed by atoms with Crippen molar-refractivity contribution in [3.63, 3.8) is 0 Å². The first-order valence-electron chi connectivity index (χ1n) is 6.03. The fourth-order valence-electron chi connectivity index (χ4n) is 1.78. The summed E-state index contributed by atoms with van der Waals surface area (Å²) in [4.78, 5) is 8.53. The van der Waals surface area contributed by atoms with Gasteiger partial charge in [0, 0.05) is 23.0 Å². The zero-order valence-corrected chi connectivity index (χ0v) is 10.7. The molecule has 96 valence electrons. The monoisotopic (exact) mass is 262 g/mol. The van der Waals surface area contributed by atoms with Crippen LogP contribution in [-0.4, -0.2) is 15.1 Å². The van der Waals surface area contributed by atoms with E-state index in [1.165, 1.54) is 0 Å². The van der Waals surface area contributed by atoms with Gasteiger partial charge in [-0.05, 0) is 37.3 Å². The number of hydrogen-bond acceptors (Lipinski definition) is 5. The zero-order chi connectivity index (χ0) is 13.9. The molecule has 3 rings (SSSR count). The molecule has 0 fully saturated rings. The molecule has 0 aliphatic rings. The van der Waals surface area contributed by atoms with E-state index in [4.69, 9.17) is 9.78 Å². The summed E-state index contributed by atoms with van der Waals surface area (Å²) in [5.74, 6) is 0.868. The van der Waals surface area contributed by atoms with Gasteiger partial charge in [-0.2, -0.15) is 10.2 Å². The van der Waals surface area contributed by atoms with Crippen LogP contribution in [0, 0.1) is 18.3 Å². The van der Waals surface area contributed by atoms with Gasteiger partial charge in [-0.15, -0.1) is 0 Å². The molecular weight excluding hydrogens is 252 g/mol. The van der Waals surface area contributed by atoms with Gasteiger partial charge in [0.1, 0.15) is 0 Å². The Labute approximate surface area is 115 Å². The van der Waals surface area contributed by atoms with E-state index >= 15 is 0 Å². The standard InChI is InChI=1S/C15H10N4O/c1-10-5-6-13(9-17-10)14-18-15(20-19-14)12-4-2-3-11(7-12)8-16/h2-7,9H,1H3. The van der Waals surface area contributed by atoms with Crippen molar-refractivity contribution in [2.75, 3.05) is 0 Å². The normalized spacial score (nSPS) is 10.2. The van der Waals surface area contributed by atoms with E-state index in [2.05, 4.69) is 21.2 Å². The minimum Gasteiger partial charge on any atom is -0.334 e. The second-order valence-electron chi connectivity index (χ2n) is 4.30. The molecule has 2 heterocycles. The average molecular weight is 262 g/mol. The summed E-state index contributed by atoms with van der Waals surface area (Å²) in [6.45, 7) is 1.92. The van der Waals surface area contributed by atoms with Gasteiger partial charge in [0.25, 0.3) is 5.89 Å². The van der Waals surface area contributed by atoms with Crippen molar-refractivity contribution >= 4 is 0 Å². The topological polar surface area (TPSA) is 75.6 Å². The van der Waals surface area contributed by atoms with Gasteiger partial charge in [0.15, 0.2) is 0 Å². The molecule has 0 bridgehead atoms. The van der Waals surface area contributed by atoms with Gasteiger partial charge < -0.3 is 4.52 Å². The molecule has 0 aliphatic heterocycles. The van der Waals surface area contributed by atoms with Crippen molar-refractivity contribution in [1.82, 2.24) is 15.1 Å². The molecule has 2 aromatic heterocycles. The Bertz CT molecular complexity index is 784. The number of aryl methyl sites for hydroxylation is 1. The highest BCUT2D eigenvalue weighted by Crippen LogP contribution is 2.22. The Morgan fingerprint density at radius 3 is 2.80 bits per heavy atom. The van der Waals surface area contributed by atoms with E-state index < -0.39 is 0 Å². The first-order valence-corrected chi connectivity index (χ1v) is 6.03. The van der Waals surface area contributed by atoms with Gasteiger partial charge in [-0.1, -0.05) is 11.2 Å². The Morgan fingerprint density at radius 2 is 2.05 bits per heavy atom. The summed E-state index contributed by atoms with van der Waals surface area (Å²) in [5.41, 5.74) is 3.00. The summed E-state index contributed by atoms with van der Waals surface area (Å²) in [5, 5.41) is 12.8. The molecule has 1 aromatic carbocycles. The van der Waals surface area contributed by atoms with Crippen molar-refractivity contribution in [1.29, 1.82) is 5.26 Å². The molecule has 0 atom stereocenters. The lowest BCUT2D eigenvalue weighted by molar-refractivity contribution is 0.432. The lowest BCUT2D eigenvalue weighted by Crippen LogP contribution is -1.85. The fourth-order valence-corrected chi connectivity index (χ4v) is 1.78. The van der Waals surface area contributed by atoms with Gasteiger partial charge in [-0.3, -0.25) is 4.98 Å². The minimum atomic E-state index is 0.387. The van der Waals surface area contributed by atoms with Crippen LogP contribution in [0.15, 0.2) is 47.1 Å². The van der Waals surface area contributed by atoms with E-state index in [1.54, 1.807) is 24.4 Å². The Balaban J connectivity index is 1.97. The Hall–Kier alpha value is -3.00. The number of hydrogen-bond donors (Lipinski definition) is 0. The van der Waals surface area contributed by atoms with Crippen molar-refractivity contribution in [3.05, 3.63) is 53.9 Å². The van der Waals surface area contributed by atoms with Gasteiger partial charge in [0.05, 0.1) is 11.6 Å². The van der Waals surface area contributed by atoms with Crippen molar-refractivity contribution < 1.29 is 4.52 Å². The quantitative estimate of drug-likeness (QED) is 0.709. The maximum absolute atomic E-state index is 8.89. The lowest BCUT2D eigenvalue weighted by atomic mass is 10.1. The summed E-state index contributed by atoms with van der Waals surface area (Å²) in [6, 6.07) is 12.9. The molecular formula is C15H10N4O. The molecule has 5 heteroatoms. The first kappa shape index (κ1) is 12.1. The number of nitrogens with zero attached hydrogens (tertiary/aromatic N) is 4. The highest BCUT2D eigenvalue weighted by atomic mass is 16.5. The highest BCUT2D eigenvalue weighted by Gasteiger charge is 2.11. The zero-order valence-electron chi connectivity index (χ0n) is 10.7. The average Bonchev–Trinajstić information content (AvgIpc) is 2.98. The second-order valence-corrected chi connectivity index (χ2v) is 4.30. The predicted molar refractivity (Wildman–Crippen MR) is 72.4 cm³/mol. The number of rotatable bonds is 2. The van der Waals surface area contributed by atoms with Crippen LogP contribution in [0.5, 0.6) is 0 Å². The van der Waals surface area contributed by atoms with Crippen LogP contribution in [-0.2, 0) is 0 Å². The summed E-state index contributed by atoms with van der Waals surface area (Å²) >= 11 is 0. The van der Waals surface area contributed by atoms with E-state index in [-0.39, 0.29) is 0 Å². The third-order valence-electron chi connectivity index (χ3n) is 2.83. The van der Waals surface area contributed by atoms with Gasteiger partial charge in [0.2, 0.25) is 5.82 Å². The SMILES string of the molecule is Cc1ccc(-c2noc(-c3cccc(C#N)c3)n2)cn1. The number of pyridine rings is 1. The minimum absolute atomic E-state index is 0.387. The third kappa shape index (κ3) is 2.27. The van der Waals surface area contributed by atoms with E-state index in [1.807, 2.05) is 25.1 Å². The van der Waals surface area contributed by atoms with Crippen LogP contribution >= 0.6 is 0 Å². The van der Waals surface area contributed by atoms with E-state index in [0.29, 0.717) is 17.3 Å². The van der Waals surface area contributed by atoms with Gasteiger partial charge in [-0.25, -0.2) is 0 Å². The third-order valence-corrected chi connectivity index (χ3v) is 2.83. The second kappa shape index (κ2) is 4.94. The van der Waals surface area contributed by atoms with Crippen LogP contribution in [0.2, 0.25) is 0 Å². The van der Waals surface area contributed by atoms with Crippen LogP contribution in [0.4, 0.5) is 0 Å². The lowest BCUT2D eigenvalue weighted by Gasteiger charge is -1.94. The van der Waals surface area contributed by atoms with Crippen molar-refractivity contribution in [2.45, 2.75) is 6.92 Å². The summed E-state index contributed by atoms with van der Waals surface area (Å²) < 4.78 is 5.24. The smallest absolute Gasteiger partial charge is 0.258 e. The molecule has 0 saturated heterocycles. The van der Waals surface area contributed by atoms with Crippen LogP contribution in [0.25, 0.3) is 22.8 Å². The van der Waals surface area contributed by atoms with E-state index in [9.17, 15) is 0 Å². The molecule has 0 spiro atoms. The van der Waals surface area contributed by atoms with Crippen LogP contribution in [0.1, 0.15) is 11.3 Å². The number of aromatic nitrogens is 3. The molecule has 0 unspecified atom stereocenters. The molecule has 0 aliphatic carbocycles. The first-order chi connectivity index (χ1) is 9.76. The molecule has 5 nitrogen and oxygen atoms in total. The maximum Gasteiger partial charge on any atom is 0.258 e. The van der Waals surface area contributed by atoms with Crippen LogP contribution in [0.3, 0.4) is 0 Å². The summed E-state index contributed by atoms with van der Waals surface area (Å²) in [6.07, 6.45) is 1.70. The van der Waals surface area contributed by atoms with Crippen molar-refractivity contribution in [3.8, 4) is 28.9 Å². The molecule has 20 heavy (non-hydrogen) atoms. The predicted octanol–water partition coefficient (Wildman–Crippen LogP) is 2.98. The Morgan fingerprint density at radius 1 is 1.15 bits per heavy atom. The number of benzene rings is 1.